The molecule has 84 valence electrons. The quantitative estimate of drug-likeness (QED) is 0.551. The van der Waals surface area contributed by atoms with Crippen molar-refractivity contribution in [1.29, 1.82) is 0 Å². The fraction of sp³-hybridized carbons (Fsp3) is 0.857. The molecule has 1 rings (SSSR count). The summed E-state index contributed by atoms with van der Waals surface area (Å²) in [7, 11) is 0. The molecule has 14 heavy (non-hydrogen) atoms. The van der Waals surface area contributed by atoms with Gasteiger partial charge in [-0.25, -0.2) is 0 Å². The van der Waals surface area contributed by atoms with E-state index in [9.17, 15) is 0 Å². The Kier molecular flexibility index (Phi) is 6.96. The van der Waals surface area contributed by atoms with Crippen LogP contribution < -0.4 is 0 Å². The summed E-state index contributed by atoms with van der Waals surface area (Å²) in [6.07, 6.45) is 7.56. The van der Waals surface area contributed by atoms with Gasteiger partial charge in [-0.3, -0.25) is 0 Å². The van der Waals surface area contributed by atoms with Crippen molar-refractivity contribution in [3.8, 4) is 0 Å². The minimum atomic E-state index is 0.797. The van der Waals surface area contributed by atoms with E-state index in [0.29, 0.717) is 0 Å². The van der Waals surface area contributed by atoms with E-state index in [1.165, 1.54) is 12.8 Å². The molecule has 1 aliphatic rings. The second-order valence-corrected chi connectivity index (χ2v) is 4.51. The SMILES string of the molecule is CC.CCC(C)C1C=CC(C)C(C)C1. The van der Waals surface area contributed by atoms with Crippen LogP contribution in [0.5, 0.6) is 0 Å². The van der Waals surface area contributed by atoms with Crippen LogP contribution in [-0.4, -0.2) is 0 Å². The molecule has 0 saturated heterocycles. The molecule has 0 fully saturated rings. The summed E-state index contributed by atoms with van der Waals surface area (Å²) in [4.78, 5) is 0. The van der Waals surface area contributed by atoms with E-state index in [2.05, 4.69) is 39.8 Å². The van der Waals surface area contributed by atoms with Gasteiger partial charge in [0.15, 0.2) is 0 Å². The minimum Gasteiger partial charge on any atom is -0.0851 e. The molecule has 0 radical (unpaired) electrons. The zero-order valence-corrected chi connectivity index (χ0v) is 10.9. The third-order valence-electron chi connectivity index (χ3n) is 3.58. The van der Waals surface area contributed by atoms with Crippen LogP contribution in [0.4, 0.5) is 0 Å². The lowest BCUT2D eigenvalue weighted by molar-refractivity contribution is 0.285. The van der Waals surface area contributed by atoms with E-state index in [1.54, 1.807) is 0 Å². The van der Waals surface area contributed by atoms with Gasteiger partial charge in [0.05, 0.1) is 0 Å². The molecule has 4 atom stereocenters. The van der Waals surface area contributed by atoms with Crippen LogP contribution in [-0.2, 0) is 0 Å². The Bertz CT molecular complexity index is 157. The predicted octanol–water partition coefficient (Wildman–Crippen LogP) is 4.91. The Labute approximate surface area is 90.8 Å². The Balaban J connectivity index is 0.000000791. The normalized spacial score (nSPS) is 33.1. The number of hydrogen-bond donors (Lipinski definition) is 0. The monoisotopic (exact) mass is 196 g/mol. The molecular weight excluding hydrogens is 168 g/mol. The van der Waals surface area contributed by atoms with Crippen LogP contribution in [0.1, 0.15) is 54.4 Å². The Hall–Kier alpha value is -0.260. The highest BCUT2D eigenvalue weighted by Gasteiger charge is 2.22. The van der Waals surface area contributed by atoms with Crippen molar-refractivity contribution in [2.75, 3.05) is 0 Å². The smallest absolute Gasteiger partial charge is 0.0205 e. The fourth-order valence-electron chi connectivity index (χ4n) is 1.95. The highest BCUT2D eigenvalue weighted by molar-refractivity contribution is 5.00. The van der Waals surface area contributed by atoms with Crippen LogP contribution in [0.2, 0.25) is 0 Å². The molecule has 0 aromatic heterocycles. The zero-order chi connectivity index (χ0) is 11.1. The molecule has 0 heterocycles. The summed E-state index contributed by atoms with van der Waals surface area (Å²) in [6.45, 7) is 13.4. The van der Waals surface area contributed by atoms with Gasteiger partial charge < -0.3 is 0 Å². The fourth-order valence-corrected chi connectivity index (χ4v) is 1.95. The van der Waals surface area contributed by atoms with E-state index in [4.69, 9.17) is 0 Å². The first-order valence-electron chi connectivity index (χ1n) is 6.33. The molecule has 0 heteroatoms. The summed E-state index contributed by atoms with van der Waals surface area (Å²) in [5.41, 5.74) is 0. The molecule has 0 aliphatic heterocycles. The molecule has 0 N–H and O–H groups in total. The summed E-state index contributed by atoms with van der Waals surface area (Å²) >= 11 is 0. The molecule has 0 nitrogen and oxygen atoms in total. The van der Waals surface area contributed by atoms with Crippen LogP contribution in [0.25, 0.3) is 0 Å². The molecule has 0 spiro atoms. The van der Waals surface area contributed by atoms with Gasteiger partial charge in [0.25, 0.3) is 0 Å². The second-order valence-electron chi connectivity index (χ2n) is 4.51. The van der Waals surface area contributed by atoms with Crippen LogP contribution in [0.15, 0.2) is 12.2 Å². The highest BCUT2D eigenvalue weighted by atomic mass is 14.3. The van der Waals surface area contributed by atoms with Crippen molar-refractivity contribution in [2.45, 2.75) is 54.4 Å². The highest BCUT2D eigenvalue weighted by Crippen LogP contribution is 2.32. The van der Waals surface area contributed by atoms with E-state index < -0.39 is 0 Å². The summed E-state index contributed by atoms with van der Waals surface area (Å²) in [6, 6.07) is 0. The predicted molar refractivity (Wildman–Crippen MR) is 66.4 cm³/mol. The van der Waals surface area contributed by atoms with Gasteiger partial charge in [-0.1, -0.05) is 60.1 Å². The average Bonchev–Trinajstić information content (AvgIpc) is 2.24. The number of rotatable bonds is 2. The van der Waals surface area contributed by atoms with Crippen LogP contribution in [0.3, 0.4) is 0 Å². The lowest BCUT2D eigenvalue weighted by Crippen LogP contribution is -2.20. The van der Waals surface area contributed by atoms with Crippen molar-refractivity contribution >= 4 is 0 Å². The molecule has 1 aliphatic carbocycles. The maximum Gasteiger partial charge on any atom is -0.0205 e. The van der Waals surface area contributed by atoms with Gasteiger partial charge in [-0.05, 0) is 30.1 Å². The summed E-state index contributed by atoms with van der Waals surface area (Å²) in [5.74, 6) is 3.40. The Morgan fingerprint density at radius 2 is 1.79 bits per heavy atom. The third-order valence-corrected chi connectivity index (χ3v) is 3.58. The lowest BCUT2D eigenvalue weighted by Gasteiger charge is -2.30. The summed E-state index contributed by atoms with van der Waals surface area (Å²) < 4.78 is 0. The Morgan fingerprint density at radius 1 is 1.21 bits per heavy atom. The maximum atomic E-state index is 2.44. The standard InChI is InChI=1S/C12H22.C2H6/c1-5-9(2)12-7-6-10(3)11(4)8-12;1-2/h6-7,9-12H,5,8H2,1-4H3;1-2H3. The van der Waals surface area contributed by atoms with Crippen molar-refractivity contribution in [3.63, 3.8) is 0 Å². The van der Waals surface area contributed by atoms with Gasteiger partial charge in [0.1, 0.15) is 0 Å². The minimum absolute atomic E-state index is 0.797. The van der Waals surface area contributed by atoms with Crippen LogP contribution in [0, 0.1) is 23.7 Å². The van der Waals surface area contributed by atoms with E-state index in [0.717, 1.165) is 23.7 Å². The number of hydrogen-bond acceptors (Lipinski definition) is 0. The molecule has 0 aromatic carbocycles. The van der Waals surface area contributed by atoms with Gasteiger partial charge in [-0.2, -0.15) is 0 Å². The van der Waals surface area contributed by atoms with Crippen LogP contribution >= 0.6 is 0 Å². The number of allylic oxidation sites excluding steroid dienone is 2. The zero-order valence-electron chi connectivity index (χ0n) is 10.9. The lowest BCUT2D eigenvalue weighted by atomic mass is 9.76. The van der Waals surface area contributed by atoms with Crippen molar-refractivity contribution < 1.29 is 0 Å². The van der Waals surface area contributed by atoms with E-state index in [-0.39, 0.29) is 0 Å². The summed E-state index contributed by atoms with van der Waals surface area (Å²) in [5, 5.41) is 0. The topological polar surface area (TPSA) is 0 Å². The molecule has 0 aromatic rings. The third kappa shape index (κ3) is 3.86. The van der Waals surface area contributed by atoms with Crippen molar-refractivity contribution in [2.24, 2.45) is 23.7 Å². The first-order chi connectivity index (χ1) is 6.65. The first-order valence-corrected chi connectivity index (χ1v) is 6.33. The van der Waals surface area contributed by atoms with Crippen molar-refractivity contribution in [1.82, 2.24) is 0 Å². The van der Waals surface area contributed by atoms with Gasteiger partial charge in [-0.15, -0.1) is 0 Å². The molecule has 0 bridgehead atoms. The molecule has 0 amide bonds. The van der Waals surface area contributed by atoms with Gasteiger partial charge in [0, 0.05) is 0 Å². The van der Waals surface area contributed by atoms with Gasteiger partial charge in [0.2, 0.25) is 0 Å². The second kappa shape index (κ2) is 7.09. The molecular formula is C14H28. The first kappa shape index (κ1) is 13.7. The van der Waals surface area contributed by atoms with E-state index in [1.807, 2.05) is 13.8 Å². The van der Waals surface area contributed by atoms with Gasteiger partial charge >= 0.3 is 0 Å². The average molecular weight is 196 g/mol. The maximum absolute atomic E-state index is 2.44. The largest absolute Gasteiger partial charge is 0.0851 e. The Morgan fingerprint density at radius 3 is 2.21 bits per heavy atom. The molecule has 0 saturated carbocycles. The molecule has 4 unspecified atom stereocenters. The van der Waals surface area contributed by atoms with Crippen molar-refractivity contribution in [3.05, 3.63) is 12.2 Å². The van der Waals surface area contributed by atoms with E-state index >= 15 is 0 Å².